The van der Waals surface area contributed by atoms with Gasteiger partial charge in [-0.25, -0.2) is 9.97 Å². The lowest BCUT2D eigenvalue weighted by Gasteiger charge is -2.25. The number of nitrogens with zero attached hydrogens (tertiary/aromatic N) is 4. The maximum atomic E-state index is 5.27. The molecule has 0 radical (unpaired) electrons. The normalized spacial score (nSPS) is 12.2. The highest BCUT2D eigenvalue weighted by Gasteiger charge is 2.28. The Balaban J connectivity index is 1.25. The zero-order valence-corrected chi connectivity index (χ0v) is 24.5. The third-order valence-electron chi connectivity index (χ3n) is 8.35. The molecule has 5 heterocycles. The summed E-state index contributed by atoms with van der Waals surface area (Å²) >= 11 is 1.74. The third kappa shape index (κ3) is 3.77. The fraction of sp³-hybridized carbons (Fsp3) is 0.108. The summed E-state index contributed by atoms with van der Waals surface area (Å²) in [7, 11) is 0. The summed E-state index contributed by atoms with van der Waals surface area (Å²) in [6.45, 7) is 6.47. The topological polar surface area (TPSA) is 43.6 Å². The van der Waals surface area contributed by atoms with Crippen LogP contribution in [0.25, 0.3) is 59.2 Å². The predicted octanol–water partition coefficient (Wildman–Crippen LogP) is 9.64. The first kappa shape index (κ1) is 24.9. The van der Waals surface area contributed by atoms with Gasteiger partial charge in [0.2, 0.25) is 0 Å². The number of fused-ring (bicyclic) bond motifs is 6. The van der Waals surface area contributed by atoms with Crippen molar-refractivity contribution in [2.45, 2.75) is 26.2 Å². The lowest BCUT2D eigenvalue weighted by Crippen LogP contribution is -2.23. The van der Waals surface area contributed by atoms with Crippen molar-refractivity contribution in [1.82, 2.24) is 19.5 Å². The molecule has 0 amide bonds. The Hall–Kier alpha value is -4.87. The van der Waals surface area contributed by atoms with E-state index in [0.717, 1.165) is 50.0 Å². The lowest BCUT2D eigenvalue weighted by molar-refractivity contribution is 0.594. The number of benzene rings is 3. The Kier molecular flexibility index (Phi) is 5.53. The van der Waals surface area contributed by atoms with E-state index < -0.39 is 5.41 Å². The molecule has 0 unspecified atom stereocenters. The van der Waals surface area contributed by atoms with Gasteiger partial charge in [-0.2, -0.15) is 0 Å². The van der Waals surface area contributed by atoms with Crippen LogP contribution in [-0.4, -0.2) is 19.5 Å². The molecule has 8 aromatic rings. The summed E-state index contributed by atoms with van der Waals surface area (Å²) in [6, 6.07) is 40.5. The Morgan fingerprint density at radius 3 is 1.98 bits per heavy atom. The molecule has 0 aliphatic rings. The number of aromatic nitrogens is 4. The molecular weight excluding hydrogens is 533 g/mol. The van der Waals surface area contributed by atoms with Gasteiger partial charge in [-0.15, -0.1) is 11.3 Å². The van der Waals surface area contributed by atoms with Gasteiger partial charge in [0.15, 0.2) is 0 Å². The molecule has 5 heteroatoms. The van der Waals surface area contributed by atoms with E-state index in [2.05, 4.69) is 134 Å². The number of thiophene rings is 1. The van der Waals surface area contributed by atoms with Crippen LogP contribution in [0.2, 0.25) is 0 Å². The molecule has 0 saturated carbocycles. The second-order valence-corrected chi connectivity index (χ2v) is 12.4. The summed E-state index contributed by atoms with van der Waals surface area (Å²) in [5.41, 5.74) is 6.99. The number of pyridine rings is 3. The first-order valence-electron chi connectivity index (χ1n) is 14.2. The summed E-state index contributed by atoms with van der Waals surface area (Å²) in [4.78, 5) is 16.4. The highest BCUT2D eigenvalue weighted by Crippen LogP contribution is 2.40. The Labute approximate surface area is 248 Å². The molecular formula is C37H28N4S. The van der Waals surface area contributed by atoms with Gasteiger partial charge in [-0.1, -0.05) is 66.7 Å². The molecule has 0 spiro atoms. The first-order chi connectivity index (χ1) is 20.5. The number of hydrogen-bond donors (Lipinski definition) is 0. The van der Waals surface area contributed by atoms with Gasteiger partial charge in [-0.05, 0) is 69.3 Å². The maximum Gasteiger partial charge on any atom is 0.137 e. The van der Waals surface area contributed by atoms with Crippen molar-refractivity contribution < 1.29 is 0 Å². The highest BCUT2D eigenvalue weighted by molar-refractivity contribution is 7.26. The molecule has 0 saturated heterocycles. The van der Waals surface area contributed by atoms with Crippen molar-refractivity contribution in [3.63, 3.8) is 0 Å². The zero-order chi connectivity index (χ0) is 28.4. The van der Waals surface area contributed by atoms with Gasteiger partial charge >= 0.3 is 0 Å². The molecule has 0 bridgehead atoms. The fourth-order valence-electron chi connectivity index (χ4n) is 6.10. The largest absolute Gasteiger partial charge is 0.294 e. The monoisotopic (exact) mass is 560 g/mol. The van der Waals surface area contributed by atoms with E-state index in [1.807, 2.05) is 6.92 Å². The number of hydrogen-bond acceptors (Lipinski definition) is 4. The molecule has 8 rings (SSSR count). The van der Waals surface area contributed by atoms with Crippen LogP contribution in [0.5, 0.6) is 0 Å². The van der Waals surface area contributed by atoms with E-state index in [1.165, 1.54) is 26.2 Å². The first-order valence-corrected chi connectivity index (χ1v) is 15.0. The minimum atomic E-state index is -0.419. The number of aryl methyl sites for hydroxylation is 1. The molecule has 3 aromatic carbocycles. The minimum Gasteiger partial charge on any atom is -0.294 e. The molecule has 202 valence electrons. The Morgan fingerprint density at radius 2 is 1.21 bits per heavy atom. The quantitative estimate of drug-likeness (QED) is 0.215. The number of para-hydroxylation sites is 2. The fourth-order valence-corrected chi connectivity index (χ4v) is 7.34. The van der Waals surface area contributed by atoms with E-state index in [-0.39, 0.29) is 0 Å². The average molecular weight is 561 g/mol. The van der Waals surface area contributed by atoms with Crippen LogP contribution in [-0.2, 0) is 5.41 Å². The van der Waals surface area contributed by atoms with E-state index in [4.69, 9.17) is 15.0 Å². The van der Waals surface area contributed by atoms with Crippen LogP contribution in [0.15, 0.2) is 115 Å². The van der Waals surface area contributed by atoms with Gasteiger partial charge in [0.05, 0.1) is 28.1 Å². The van der Waals surface area contributed by atoms with Crippen LogP contribution in [0.1, 0.15) is 30.9 Å². The van der Waals surface area contributed by atoms with E-state index in [9.17, 15) is 0 Å². The Bertz CT molecular complexity index is 2250. The van der Waals surface area contributed by atoms with Crippen molar-refractivity contribution in [3.05, 3.63) is 132 Å². The smallest absolute Gasteiger partial charge is 0.137 e. The van der Waals surface area contributed by atoms with Crippen molar-refractivity contribution >= 4 is 53.4 Å². The second kappa shape index (κ2) is 9.33. The van der Waals surface area contributed by atoms with E-state index in [1.54, 1.807) is 11.3 Å². The summed E-state index contributed by atoms with van der Waals surface area (Å²) < 4.78 is 3.49. The molecule has 5 aromatic heterocycles. The molecule has 0 N–H and O–H groups in total. The SMILES string of the molecule is Cc1ccc2c(n1)sc1c(-c3cccc(C(C)(C)c4cccc(-n5c6ccccc6c6ccccc65)n4)n3)cccc12. The van der Waals surface area contributed by atoms with Crippen molar-refractivity contribution in [2.24, 2.45) is 0 Å². The van der Waals surface area contributed by atoms with Gasteiger partial charge < -0.3 is 0 Å². The number of rotatable bonds is 4. The second-order valence-electron chi connectivity index (χ2n) is 11.4. The molecule has 0 atom stereocenters. The molecule has 42 heavy (non-hydrogen) atoms. The maximum absolute atomic E-state index is 5.27. The zero-order valence-electron chi connectivity index (χ0n) is 23.7. The average Bonchev–Trinajstić information content (AvgIpc) is 3.56. The van der Waals surface area contributed by atoms with Crippen LogP contribution in [0, 0.1) is 6.92 Å². The van der Waals surface area contributed by atoms with E-state index in [0.29, 0.717) is 0 Å². The van der Waals surface area contributed by atoms with Crippen LogP contribution >= 0.6 is 11.3 Å². The predicted molar refractivity (Wildman–Crippen MR) is 176 cm³/mol. The minimum absolute atomic E-state index is 0.419. The molecule has 0 fully saturated rings. The van der Waals surface area contributed by atoms with Gasteiger partial charge in [0, 0.05) is 42.9 Å². The van der Waals surface area contributed by atoms with Crippen molar-refractivity contribution in [2.75, 3.05) is 0 Å². The summed E-state index contributed by atoms with van der Waals surface area (Å²) in [5.74, 6) is 0.909. The van der Waals surface area contributed by atoms with Gasteiger partial charge in [0.25, 0.3) is 0 Å². The lowest BCUT2D eigenvalue weighted by atomic mass is 9.84. The third-order valence-corrected chi connectivity index (χ3v) is 9.50. The summed E-state index contributed by atoms with van der Waals surface area (Å²) in [6.07, 6.45) is 0. The Morgan fingerprint density at radius 1 is 0.571 bits per heavy atom. The highest BCUT2D eigenvalue weighted by atomic mass is 32.1. The molecule has 4 nitrogen and oxygen atoms in total. The van der Waals surface area contributed by atoms with Gasteiger partial charge in [-0.3, -0.25) is 9.55 Å². The molecule has 0 aliphatic carbocycles. The van der Waals surface area contributed by atoms with Crippen LogP contribution in [0.3, 0.4) is 0 Å². The van der Waals surface area contributed by atoms with Crippen molar-refractivity contribution in [1.29, 1.82) is 0 Å². The van der Waals surface area contributed by atoms with Crippen LogP contribution < -0.4 is 0 Å². The standard InChI is InChI=1S/C37H28N4S/c1-23-21-22-27-26-13-8-14-28(35(26)42-36(27)38-23)29-15-9-18-32(39-29)37(2,3)33-19-10-20-34(40-33)41-30-16-6-4-11-24(30)25-12-5-7-17-31(25)41/h4-22H,1-3H3. The van der Waals surface area contributed by atoms with Crippen molar-refractivity contribution in [3.8, 4) is 17.1 Å². The molecule has 0 aliphatic heterocycles. The van der Waals surface area contributed by atoms with E-state index >= 15 is 0 Å². The summed E-state index contributed by atoms with van der Waals surface area (Å²) in [5, 5.41) is 4.89. The van der Waals surface area contributed by atoms with Gasteiger partial charge in [0.1, 0.15) is 10.6 Å². The van der Waals surface area contributed by atoms with Crippen LogP contribution in [0.4, 0.5) is 0 Å².